The first-order valence-electron chi connectivity index (χ1n) is 7.45. The highest BCUT2D eigenvalue weighted by Gasteiger charge is 2.23. The number of amides is 1. The van der Waals surface area contributed by atoms with Gasteiger partial charge in [-0.25, -0.2) is 18.0 Å². The van der Waals surface area contributed by atoms with E-state index in [0.29, 0.717) is 5.56 Å². The molecule has 0 aliphatic rings. The molecule has 1 atom stereocenters. The molecule has 0 bridgehead atoms. The molecule has 0 aromatic heterocycles. The van der Waals surface area contributed by atoms with Gasteiger partial charge in [-0.1, -0.05) is 18.2 Å². The van der Waals surface area contributed by atoms with Gasteiger partial charge >= 0.3 is 5.97 Å². The first-order chi connectivity index (χ1) is 11.9. The Hall–Kier alpha value is -2.83. The second-order valence-corrected chi connectivity index (χ2v) is 5.35. The predicted octanol–water partition coefficient (Wildman–Crippen LogP) is 2.55. The smallest absolute Gasteiger partial charge is 0.328 e. The first kappa shape index (κ1) is 18.5. The molecule has 132 valence electrons. The average Bonchev–Trinajstić information content (AvgIpc) is 2.57. The van der Waals surface area contributed by atoms with Gasteiger partial charge in [-0.05, 0) is 29.8 Å². The lowest BCUT2D eigenvalue weighted by Crippen LogP contribution is -2.43. The second-order valence-electron chi connectivity index (χ2n) is 5.35. The Morgan fingerprint density at radius 3 is 2.32 bits per heavy atom. The number of rotatable bonds is 6. The van der Waals surface area contributed by atoms with Gasteiger partial charge in [0, 0.05) is 12.0 Å². The molecule has 0 radical (unpaired) electrons. The summed E-state index contributed by atoms with van der Waals surface area (Å²) in [4.78, 5) is 23.9. The van der Waals surface area contributed by atoms with E-state index in [-0.39, 0.29) is 6.42 Å². The molecular formula is C18H16F3NO3. The van der Waals surface area contributed by atoms with Crippen molar-refractivity contribution < 1.29 is 27.5 Å². The van der Waals surface area contributed by atoms with Crippen LogP contribution in [0, 0.1) is 17.5 Å². The number of carbonyl (C=O) groups is 2. The Labute approximate surface area is 142 Å². The van der Waals surface area contributed by atoms with Gasteiger partial charge in [0.25, 0.3) is 0 Å². The molecular weight excluding hydrogens is 335 g/mol. The molecule has 25 heavy (non-hydrogen) atoms. The highest BCUT2D eigenvalue weighted by molar-refractivity contribution is 5.85. The van der Waals surface area contributed by atoms with Crippen LogP contribution in [0.15, 0.2) is 42.5 Å². The van der Waals surface area contributed by atoms with Crippen molar-refractivity contribution in [2.24, 2.45) is 0 Å². The number of halogens is 3. The summed E-state index contributed by atoms with van der Waals surface area (Å²) < 4.78 is 45.1. The lowest BCUT2D eigenvalue weighted by Gasteiger charge is -2.17. The molecule has 0 unspecified atom stereocenters. The quantitative estimate of drug-likeness (QED) is 0.814. The summed E-state index contributed by atoms with van der Waals surface area (Å²) in [6, 6.07) is 7.68. The van der Waals surface area contributed by atoms with Crippen molar-refractivity contribution in [1.29, 1.82) is 0 Å². The molecule has 2 aromatic rings. The molecule has 1 N–H and O–H groups in total. The van der Waals surface area contributed by atoms with Crippen LogP contribution in [0.5, 0.6) is 0 Å². The van der Waals surface area contributed by atoms with E-state index >= 15 is 0 Å². The lowest BCUT2D eigenvalue weighted by atomic mass is 10.0. The van der Waals surface area contributed by atoms with E-state index in [4.69, 9.17) is 0 Å². The van der Waals surface area contributed by atoms with E-state index in [1.165, 1.54) is 24.3 Å². The number of benzene rings is 2. The summed E-state index contributed by atoms with van der Waals surface area (Å²) in [6.07, 6.45) is -0.592. The van der Waals surface area contributed by atoms with Gasteiger partial charge in [-0.3, -0.25) is 4.79 Å². The Kier molecular flexibility index (Phi) is 6.16. The minimum atomic E-state index is -1.10. The van der Waals surface area contributed by atoms with Gasteiger partial charge in [0.05, 0.1) is 13.5 Å². The van der Waals surface area contributed by atoms with Gasteiger partial charge in [0.1, 0.15) is 23.5 Å². The normalized spacial score (nSPS) is 11.7. The van der Waals surface area contributed by atoms with E-state index in [0.717, 1.165) is 19.2 Å². The summed E-state index contributed by atoms with van der Waals surface area (Å²) in [5, 5.41) is 2.37. The molecule has 0 aliphatic carbocycles. The van der Waals surface area contributed by atoms with Gasteiger partial charge in [-0.15, -0.1) is 0 Å². The molecule has 0 aliphatic heterocycles. The zero-order valence-electron chi connectivity index (χ0n) is 13.4. The number of carbonyl (C=O) groups excluding carboxylic acids is 2. The topological polar surface area (TPSA) is 55.4 Å². The van der Waals surface area contributed by atoms with Crippen LogP contribution in [-0.4, -0.2) is 25.0 Å². The molecule has 0 heterocycles. The van der Waals surface area contributed by atoms with Crippen LogP contribution in [0.1, 0.15) is 11.1 Å². The fourth-order valence-electron chi connectivity index (χ4n) is 2.34. The van der Waals surface area contributed by atoms with Crippen LogP contribution in [0.4, 0.5) is 13.2 Å². The summed E-state index contributed by atoms with van der Waals surface area (Å²) >= 11 is 0. The highest BCUT2D eigenvalue weighted by atomic mass is 19.1. The van der Waals surface area contributed by atoms with Crippen molar-refractivity contribution in [3.63, 3.8) is 0 Å². The number of esters is 1. The van der Waals surface area contributed by atoms with Gasteiger partial charge in [0.2, 0.25) is 5.91 Å². The van der Waals surface area contributed by atoms with Gasteiger partial charge < -0.3 is 10.1 Å². The SMILES string of the molecule is COC(=O)[C@@H](Cc1cccc(F)c1)NC(=O)Cc1c(F)cccc1F. The zero-order chi connectivity index (χ0) is 18.4. The molecule has 0 saturated carbocycles. The number of nitrogens with one attached hydrogen (secondary N) is 1. The van der Waals surface area contributed by atoms with Crippen LogP contribution in [0.3, 0.4) is 0 Å². The first-order valence-corrected chi connectivity index (χ1v) is 7.45. The molecule has 7 heteroatoms. The standard InChI is InChI=1S/C18H16F3NO3/c1-25-18(24)16(9-11-4-2-5-12(19)8-11)22-17(23)10-13-14(20)6-3-7-15(13)21/h2-8,16H,9-10H2,1H3,(H,22,23)/t16-/m1/s1. The number of hydrogen-bond acceptors (Lipinski definition) is 3. The molecule has 2 aromatic carbocycles. The minimum absolute atomic E-state index is 0.0179. The van der Waals surface area contributed by atoms with Crippen LogP contribution < -0.4 is 5.32 Å². The Morgan fingerprint density at radius 1 is 1.08 bits per heavy atom. The number of hydrogen-bond donors (Lipinski definition) is 1. The van der Waals surface area contributed by atoms with Crippen molar-refractivity contribution in [2.75, 3.05) is 7.11 Å². The fourth-order valence-corrected chi connectivity index (χ4v) is 2.34. The van der Waals surface area contributed by atoms with Crippen LogP contribution >= 0.6 is 0 Å². The maximum atomic E-state index is 13.6. The van der Waals surface area contributed by atoms with E-state index in [1.807, 2.05) is 0 Å². The maximum absolute atomic E-state index is 13.6. The summed E-state index contributed by atoms with van der Waals surface area (Å²) in [5.74, 6) is -3.69. The van der Waals surface area contributed by atoms with E-state index < -0.39 is 47.4 Å². The Bertz CT molecular complexity index is 760. The largest absolute Gasteiger partial charge is 0.467 e. The Balaban J connectivity index is 2.11. The highest BCUT2D eigenvalue weighted by Crippen LogP contribution is 2.13. The van der Waals surface area contributed by atoms with Crippen LogP contribution in [0.2, 0.25) is 0 Å². The van der Waals surface area contributed by atoms with Crippen molar-refractivity contribution in [2.45, 2.75) is 18.9 Å². The molecule has 4 nitrogen and oxygen atoms in total. The van der Waals surface area contributed by atoms with Gasteiger partial charge in [-0.2, -0.15) is 0 Å². The zero-order valence-corrected chi connectivity index (χ0v) is 13.4. The fraction of sp³-hybridized carbons (Fsp3) is 0.222. The van der Waals surface area contributed by atoms with Crippen molar-refractivity contribution in [3.05, 3.63) is 71.0 Å². The van der Waals surface area contributed by atoms with Gasteiger partial charge in [0.15, 0.2) is 0 Å². The third-order valence-corrected chi connectivity index (χ3v) is 3.55. The number of methoxy groups -OCH3 is 1. The van der Waals surface area contributed by atoms with Crippen molar-refractivity contribution >= 4 is 11.9 Å². The predicted molar refractivity (Wildman–Crippen MR) is 84.1 cm³/mol. The minimum Gasteiger partial charge on any atom is -0.467 e. The molecule has 2 rings (SSSR count). The second kappa shape index (κ2) is 8.32. The third-order valence-electron chi connectivity index (χ3n) is 3.55. The summed E-state index contributed by atoms with van der Waals surface area (Å²) in [7, 11) is 1.14. The van der Waals surface area contributed by atoms with Crippen LogP contribution in [-0.2, 0) is 27.2 Å². The molecule has 1 amide bonds. The molecule has 0 saturated heterocycles. The van der Waals surface area contributed by atoms with Crippen LogP contribution in [0.25, 0.3) is 0 Å². The summed E-state index contributed by atoms with van der Waals surface area (Å²) in [6.45, 7) is 0. The van der Waals surface area contributed by atoms with E-state index in [2.05, 4.69) is 10.1 Å². The molecule has 0 spiro atoms. The van der Waals surface area contributed by atoms with E-state index in [1.54, 1.807) is 6.07 Å². The Morgan fingerprint density at radius 2 is 1.72 bits per heavy atom. The van der Waals surface area contributed by atoms with E-state index in [9.17, 15) is 22.8 Å². The maximum Gasteiger partial charge on any atom is 0.328 e. The number of ether oxygens (including phenoxy) is 1. The van der Waals surface area contributed by atoms with Crippen molar-refractivity contribution in [1.82, 2.24) is 5.32 Å². The van der Waals surface area contributed by atoms with Crippen molar-refractivity contribution in [3.8, 4) is 0 Å². The third kappa shape index (κ3) is 5.07. The lowest BCUT2D eigenvalue weighted by molar-refractivity contribution is -0.145. The molecule has 0 fully saturated rings. The monoisotopic (exact) mass is 351 g/mol. The average molecular weight is 351 g/mol. The summed E-state index contributed by atoms with van der Waals surface area (Å²) in [5.41, 5.74) is 0.0714.